The molecular weight excluding hydrogens is 406 g/mol. The number of para-hydroxylation sites is 1. The van der Waals surface area contributed by atoms with Gasteiger partial charge in [-0.25, -0.2) is 0 Å². The average Bonchev–Trinajstić information content (AvgIpc) is 2.90. The zero-order chi connectivity index (χ0) is 21.6. The fourth-order valence-corrected chi connectivity index (χ4v) is 9.31. The van der Waals surface area contributed by atoms with Crippen LogP contribution in [0, 0.1) is 0 Å². The Kier molecular flexibility index (Phi) is 5.60. The van der Waals surface area contributed by atoms with Crippen LogP contribution in [0.25, 0.3) is 0 Å². The molecule has 4 aromatic carbocycles. The molecule has 32 heavy (non-hydrogen) atoms. The lowest BCUT2D eigenvalue weighted by Crippen LogP contribution is -2.76. The lowest BCUT2D eigenvalue weighted by Gasteiger charge is -2.44. The van der Waals surface area contributed by atoms with Crippen LogP contribution in [0.5, 0.6) is 0 Å². The normalized spacial score (nSPS) is 11.1. The van der Waals surface area contributed by atoms with Gasteiger partial charge in [-0.05, 0) is 33.8 Å². The highest BCUT2D eigenvalue weighted by atomic mass is 28.3. The van der Waals surface area contributed by atoms with Gasteiger partial charge in [-0.1, -0.05) is 109 Å². The standard InChI is InChI=1S/C28H23N3Si/c1-5-13-24(14-6-1)31(25-21-22-29-30-23-25)32(26-15-7-2-8-16-26,27-17-9-3-10-18-27)28-19-11-4-12-20-28/h1-23H. The predicted molar refractivity (Wildman–Crippen MR) is 135 cm³/mol. The van der Waals surface area contributed by atoms with Crippen LogP contribution < -0.4 is 20.1 Å². The monoisotopic (exact) mass is 429 g/mol. The minimum Gasteiger partial charge on any atom is -0.355 e. The Morgan fingerprint density at radius 1 is 0.438 bits per heavy atom. The van der Waals surface area contributed by atoms with Crippen molar-refractivity contribution in [2.24, 2.45) is 0 Å². The molecule has 0 radical (unpaired) electrons. The van der Waals surface area contributed by atoms with Crippen LogP contribution in [0.1, 0.15) is 0 Å². The number of anilines is 2. The van der Waals surface area contributed by atoms with Gasteiger partial charge in [-0.3, -0.25) is 0 Å². The maximum Gasteiger partial charge on any atom is 0.257 e. The topological polar surface area (TPSA) is 29.0 Å². The van der Waals surface area contributed by atoms with E-state index in [2.05, 4.69) is 142 Å². The van der Waals surface area contributed by atoms with Gasteiger partial charge in [-0.2, -0.15) is 10.2 Å². The van der Waals surface area contributed by atoms with Gasteiger partial charge in [0, 0.05) is 5.69 Å². The molecule has 0 saturated heterocycles. The van der Waals surface area contributed by atoms with Gasteiger partial charge in [-0.15, -0.1) is 0 Å². The summed E-state index contributed by atoms with van der Waals surface area (Å²) in [6, 6.07) is 45.3. The highest BCUT2D eigenvalue weighted by molar-refractivity contribution is 7.14. The Bertz CT molecular complexity index is 1110. The molecule has 4 heteroatoms. The molecule has 1 heterocycles. The molecule has 5 aromatic rings. The van der Waals surface area contributed by atoms with E-state index in [1.165, 1.54) is 15.6 Å². The van der Waals surface area contributed by atoms with Gasteiger partial charge >= 0.3 is 0 Å². The third kappa shape index (κ3) is 3.51. The van der Waals surface area contributed by atoms with Crippen molar-refractivity contribution in [2.75, 3.05) is 4.57 Å². The fraction of sp³-hybridized carbons (Fsp3) is 0. The maximum absolute atomic E-state index is 4.26. The van der Waals surface area contributed by atoms with E-state index >= 15 is 0 Å². The van der Waals surface area contributed by atoms with Crippen LogP contribution in [-0.2, 0) is 0 Å². The molecule has 3 nitrogen and oxygen atoms in total. The van der Waals surface area contributed by atoms with E-state index in [1.807, 2.05) is 6.20 Å². The van der Waals surface area contributed by atoms with E-state index < -0.39 is 8.24 Å². The number of hydrogen-bond donors (Lipinski definition) is 0. The molecule has 0 bridgehead atoms. The first-order chi connectivity index (χ1) is 15.9. The summed E-state index contributed by atoms with van der Waals surface area (Å²) >= 11 is 0. The van der Waals surface area contributed by atoms with Crippen LogP contribution in [0.4, 0.5) is 11.4 Å². The summed E-state index contributed by atoms with van der Waals surface area (Å²) in [5, 5.41) is 12.2. The van der Waals surface area contributed by atoms with E-state index in [4.69, 9.17) is 0 Å². The van der Waals surface area contributed by atoms with Crippen molar-refractivity contribution in [1.82, 2.24) is 10.2 Å². The van der Waals surface area contributed by atoms with Gasteiger partial charge in [0.05, 0.1) is 18.1 Å². The molecule has 0 aliphatic rings. The van der Waals surface area contributed by atoms with Crippen molar-refractivity contribution < 1.29 is 0 Å². The number of hydrogen-bond acceptors (Lipinski definition) is 3. The SMILES string of the molecule is c1ccc(N(c2ccnnc2)[Si](c2ccccc2)(c2ccccc2)c2ccccc2)cc1. The van der Waals surface area contributed by atoms with Gasteiger partial charge in [0.1, 0.15) is 0 Å². The molecule has 1 aromatic heterocycles. The predicted octanol–water partition coefficient (Wildman–Crippen LogP) is 4.28. The molecule has 0 fully saturated rings. The summed E-state index contributed by atoms with van der Waals surface area (Å²) in [6.07, 6.45) is 3.63. The molecular formula is C28H23N3Si. The largest absolute Gasteiger partial charge is 0.355 e. The van der Waals surface area contributed by atoms with Gasteiger partial charge in [0.2, 0.25) is 0 Å². The second kappa shape index (κ2) is 9.00. The lowest BCUT2D eigenvalue weighted by molar-refractivity contribution is 1.03. The van der Waals surface area contributed by atoms with Gasteiger partial charge in [0.25, 0.3) is 8.24 Å². The van der Waals surface area contributed by atoms with E-state index in [-0.39, 0.29) is 0 Å². The van der Waals surface area contributed by atoms with Crippen molar-refractivity contribution in [3.63, 3.8) is 0 Å². The molecule has 0 amide bonds. The first-order valence-corrected chi connectivity index (χ1v) is 12.6. The van der Waals surface area contributed by atoms with Gasteiger partial charge in [0.15, 0.2) is 0 Å². The summed E-state index contributed by atoms with van der Waals surface area (Å²) in [5.74, 6) is 0. The minimum atomic E-state index is -2.77. The van der Waals surface area contributed by atoms with E-state index in [0.29, 0.717) is 0 Å². The Morgan fingerprint density at radius 2 is 0.875 bits per heavy atom. The molecule has 0 spiro atoms. The minimum absolute atomic E-state index is 1.02. The smallest absolute Gasteiger partial charge is 0.257 e. The second-order valence-electron chi connectivity index (χ2n) is 7.58. The summed E-state index contributed by atoms with van der Waals surface area (Å²) in [4.78, 5) is 0. The van der Waals surface area contributed by atoms with Crippen molar-refractivity contribution in [2.45, 2.75) is 0 Å². The Hall–Kier alpha value is -4.02. The Balaban J connectivity index is 1.94. The van der Waals surface area contributed by atoms with Crippen LogP contribution in [0.15, 0.2) is 140 Å². The molecule has 0 aliphatic carbocycles. The van der Waals surface area contributed by atoms with Crippen LogP contribution in [-0.4, -0.2) is 18.4 Å². The molecule has 0 atom stereocenters. The first kappa shape index (κ1) is 19.9. The Morgan fingerprint density at radius 3 is 1.28 bits per heavy atom. The molecule has 5 rings (SSSR count). The number of rotatable bonds is 6. The van der Waals surface area contributed by atoms with E-state index in [0.717, 1.165) is 11.4 Å². The number of nitrogens with zero attached hydrogens (tertiary/aromatic N) is 3. The summed E-state index contributed by atoms with van der Waals surface area (Å²) in [5.41, 5.74) is 2.15. The van der Waals surface area contributed by atoms with Crippen molar-refractivity contribution in [3.8, 4) is 0 Å². The highest BCUT2D eigenvalue weighted by Gasteiger charge is 2.47. The Labute approximate surface area is 189 Å². The molecule has 0 aliphatic heterocycles. The first-order valence-electron chi connectivity index (χ1n) is 10.7. The van der Waals surface area contributed by atoms with Crippen LogP contribution >= 0.6 is 0 Å². The van der Waals surface area contributed by atoms with Crippen molar-refractivity contribution in [1.29, 1.82) is 0 Å². The number of benzene rings is 4. The van der Waals surface area contributed by atoms with E-state index in [1.54, 1.807) is 6.20 Å². The molecule has 0 unspecified atom stereocenters. The average molecular weight is 430 g/mol. The third-order valence-corrected chi connectivity index (χ3v) is 10.4. The summed E-state index contributed by atoms with van der Waals surface area (Å²) in [7, 11) is -2.77. The van der Waals surface area contributed by atoms with Crippen molar-refractivity contribution >= 4 is 35.2 Å². The molecule has 0 N–H and O–H groups in total. The fourth-order valence-electron chi connectivity index (χ4n) is 4.45. The number of aromatic nitrogens is 2. The summed E-state index contributed by atoms with van der Waals surface area (Å²) < 4.78 is 2.50. The molecule has 154 valence electrons. The van der Waals surface area contributed by atoms with Crippen LogP contribution in [0.2, 0.25) is 0 Å². The van der Waals surface area contributed by atoms with Crippen molar-refractivity contribution in [3.05, 3.63) is 140 Å². The summed E-state index contributed by atoms with van der Waals surface area (Å²) in [6.45, 7) is 0. The third-order valence-electron chi connectivity index (χ3n) is 5.75. The highest BCUT2D eigenvalue weighted by Crippen LogP contribution is 2.30. The van der Waals surface area contributed by atoms with Crippen LogP contribution in [0.3, 0.4) is 0 Å². The quantitative estimate of drug-likeness (QED) is 0.298. The zero-order valence-corrected chi connectivity index (χ0v) is 18.6. The molecule has 0 saturated carbocycles. The maximum atomic E-state index is 4.26. The second-order valence-corrected chi connectivity index (χ2v) is 11.2. The van der Waals surface area contributed by atoms with Gasteiger partial charge < -0.3 is 4.57 Å². The van der Waals surface area contributed by atoms with E-state index in [9.17, 15) is 0 Å². The zero-order valence-electron chi connectivity index (χ0n) is 17.6. The lowest BCUT2D eigenvalue weighted by atomic mass is 10.3.